The van der Waals surface area contributed by atoms with Crippen molar-refractivity contribution in [3.05, 3.63) is 12.2 Å². The molecule has 0 aliphatic heterocycles. The van der Waals surface area contributed by atoms with Crippen LogP contribution in [0.2, 0.25) is 0 Å². The first-order chi connectivity index (χ1) is 5.04. The van der Waals surface area contributed by atoms with Crippen LogP contribution in [-0.4, -0.2) is 21.9 Å². The second kappa shape index (κ2) is 2.95. The fourth-order valence-electron chi connectivity index (χ4n) is 1.55. The SMILES string of the molecule is C=C1CCCCC(C)(O)C1O. The van der Waals surface area contributed by atoms with Crippen molar-refractivity contribution in [2.24, 2.45) is 0 Å². The van der Waals surface area contributed by atoms with Gasteiger partial charge >= 0.3 is 0 Å². The molecule has 1 aliphatic carbocycles. The first kappa shape index (κ1) is 8.75. The maximum atomic E-state index is 9.68. The van der Waals surface area contributed by atoms with Gasteiger partial charge in [0.25, 0.3) is 0 Å². The van der Waals surface area contributed by atoms with E-state index in [2.05, 4.69) is 6.58 Å². The molecular formula is C9H16O2. The molecule has 2 atom stereocenters. The molecule has 11 heavy (non-hydrogen) atoms. The zero-order valence-corrected chi connectivity index (χ0v) is 7.01. The standard InChI is InChI=1S/C9H16O2/c1-7-5-3-4-6-9(2,11)8(7)10/h8,10-11H,1,3-6H2,2H3. The van der Waals surface area contributed by atoms with Gasteiger partial charge in [0.15, 0.2) is 0 Å². The molecule has 2 unspecified atom stereocenters. The summed E-state index contributed by atoms with van der Waals surface area (Å²) in [6, 6.07) is 0. The third-order valence-electron chi connectivity index (χ3n) is 2.41. The van der Waals surface area contributed by atoms with Gasteiger partial charge in [0, 0.05) is 0 Å². The minimum absolute atomic E-state index is 0.674. The van der Waals surface area contributed by atoms with Gasteiger partial charge in [0.2, 0.25) is 0 Å². The van der Waals surface area contributed by atoms with E-state index in [0.29, 0.717) is 6.42 Å². The Morgan fingerprint density at radius 3 is 2.82 bits per heavy atom. The maximum Gasteiger partial charge on any atom is 0.103 e. The summed E-state index contributed by atoms with van der Waals surface area (Å²) in [7, 11) is 0. The fourth-order valence-corrected chi connectivity index (χ4v) is 1.55. The summed E-state index contributed by atoms with van der Waals surface area (Å²) in [6.07, 6.45) is 2.80. The van der Waals surface area contributed by atoms with Crippen molar-refractivity contribution in [1.29, 1.82) is 0 Å². The van der Waals surface area contributed by atoms with Crippen LogP contribution < -0.4 is 0 Å². The molecule has 0 aromatic carbocycles. The lowest BCUT2D eigenvalue weighted by Crippen LogP contribution is -2.38. The third-order valence-corrected chi connectivity index (χ3v) is 2.41. The van der Waals surface area contributed by atoms with Crippen molar-refractivity contribution >= 4 is 0 Å². The van der Waals surface area contributed by atoms with E-state index in [0.717, 1.165) is 24.8 Å². The van der Waals surface area contributed by atoms with E-state index in [9.17, 15) is 10.2 Å². The molecule has 0 heterocycles. The van der Waals surface area contributed by atoms with Gasteiger partial charge in [-0.3, -0.25) is 0 Å². The number of rotatable bonds is 0. The Balaban J connectivity index is 2.73. The summed E-state index contributed by atoms with van der Waals surface area (Å²) in [6.45, 7) is 5.42. The molecule has 0 spiro atoms. The van der Waals surface area contributed by atoms with Crippen molar-refractivity contribution in [2.75, 3.05) is 0 Å². The molecule has 0 amide bonds. The summed E-state index contributed by atoms with van der Waals surface area (Å²) in [5, 5.41) is 19.2. The number of aliphatic hydroxyl groups excluding tert-OH is 1. The molecule has 2 heteroatoms. The molecule has 1 rings (SSSR count). The summed E-state index contributed by atoms with van der Waals surface area (Å²) in [4.78, 5) is 0. The van der Waals surface area contributed by atoms with Crippen molar-refractivity contribution in [3.63, 3.8) is 0 Å². The van der Waals surface area contributed by atoms with Crippen LogP contribution in [-0.2, 0) is 0 Å². The predicted octanol–water partition coefficient (Wildman–Crippen LogP) is 1.23. The number of hydrogen-bond acceptors (Lipinski definition) is 2. The van der Waals surface area contributed by atoms with Gasteiger partial charge in [-0.15, -0.1) is 0 Å². The molecule has 2 N–H and O–H groups in total. The lowest BCUT2D eigenvalue weighted by atomic mass is 9.92. The number of hydrogen-bond donors (Lipinski definition) is 2. The summed E-state index contributed by atoms with van der Waals surface area (Å²) in [5.41, 5.74) is -0.180. The molecule has 1 aliphatic rings. The second-order valence-corrected chi connectivity index (χ2v) is 3.63. The average molecular weight is 156 g/mol. The van der Waals surface area contributed by atoms with Gasteiger partial charge in [0.05, 0.1) is 5.60 Å². The summed E-state index contributed by atoms with van der Waals surface area (Å²) >= 11 is 0. The minimum Gasteiger partial charge on any atom is -0.387 e. The molecule has 0 aromatic rings. The van der Waals surface area contributed by atoms with E-state index in [1.165, 1.54) is 0 Å². The van der Waals surface area contributed by atoms with Crippen LogP contribution in [0.4, 0.5) is 0 Å². The zero-order valence-electron chi connectivity index (χ0n) is 7.01. The first-order valence-corrected chi connectivity index (χ1v) is 4.12. The Morgan fingerprint density at radius 2 is 2.18 bits per heavy atom. The molecule has 1 saturated carbocycles. The van der Waals surface area contributed by atoms with E-state index in [-0.39, 0.29) is 0 Å². The smallest absolute Gasteiger partial charge is 0.103 e. The maximum absolute atomic E-state index is 9.68. The Labute approximate surface area is 67.6 Å². The second-order valence-electron chi connectivity index (χ2n) is 3.63. The Bertz CT molecular complexity index is 161. The molecular weight excluding hydrogens is 140 g/mol. The Kier molecular flexibility index (Phi) is 2.35. The van der Waals surface area contributed by atoms with Crippen LogP contribution in [0.5, 0.6) is 0 Å². The monoisotopic (exact) mass is 156 g/mol. The molecule has 64 valence electrons. The lowest BCUT2D eigenvalue weighted by Gasteiger charge is -2.27. The van der Waals surface area contributed by atoms with Crippen LogP contribution in [0.3, 0.4) is 0 Å². The largest absolute Gasteiger partial charge is 0.387 e. The van der Waals surface area contributed by atoms with Gasteiger partial charge in [-0.05, 0) is 31.8 Å². The van der Waals surface area contributed by atoms with E-state index in [4.69, 9.17) is 0 Å². The topological polar surface area (TPSA) is 40.5 Å². The van der Waals surface area contributed by atoms with Crippen molar-refractivity contribution in [2.45, 2.75) is 44.3 Å². The number of aliphatic hydroxyl groups is 2. The van der Waals surface area contributed by atoms with Crippen LogP contribution in [0, 0.1) is 0 Å². The highest BCUT2D eigenvalue weighted by Crippen LogP contribution is 2.29. The van der Waals surface area contributed by atoms with Crippen molar-refractivity contribution in [1.82, 2.24) is 0 Å². The highest BCUT2D eigenvalue weighted by molar-refractivity contribution is 5.10. The lowest BCUT2D eigenvalue weighted by molar-refractivity contribution is -0.0460. The van der Waals surface area contributed by atoms with Crippen molar-refractivity contribution < 1.29 is 10.2 Å². The molecule has 2 nitrogen and oxygen atoms in total. The zero-order chi connectivity index (χ0) is 8.48. The van der Waals surface area contributed by atoms with E-state index < -0.39 is 11.7 Å². The van der Waals surface area contributed by atoms with E-state index in [1.54, 1.807) is 6.92 Å². The highest BCUT2D eigenvalue weighted by Gasteiger charge is 2.33. The van der Waals surface area contributed by atoms with Crippen LogP contribution >= 0.6 is 0 Å². The molecule has 0 radical (unpaired) electrons. The summed E-state index contributed by atoms with van der Waals surface area (Å²) in [5.74, 6) is 0. The normalized spacial score (nSPS) is 40.3. The summed E-state index contributed by atoms with van der Waals surface area (Å²) < 4.78 is 0. The predicted molar refractivity (Wildman–Crippen MR) is 44.2 cm³/mol. The van der Waals surface area contributed by atoms with Crippen LogP contribution in [0.1, 0.15) is 32.6 Å². The molecule has 0 bridgehead atoms. The Hall–Kier alpha value is -0.340. The molecule has 0 aromatic heterocycles. The van der Waals surface area contributed by atoms with Gasteiger partial charge in [0.1, 0.15) is 6.10 Å². The third kappa shape index (κ3) is 1.82. The van der Waals surface area contributed by atoms with Gasteiger partial charge < -0.3 is 10.2 Å². The van der Waals surface area contributed by atoms with Gasteiger partial charge in [-0.1, -0.05) is 13.0 Å². The fraction of sp³-hybridized carbons (Fsp3) is 0.778. The quantitative estimate of drug-likeness (QED) is 0.409. The van der Waals surface area contributed by atoms with E-state index >= 15 is 0 Å². The molecule has 0 saturated heterocycles. The van der Waals surface area contributed by atoms with E-state index in [1.807, 2.05) is 0 Å². The highest BCUT2D eigenvalue weighted by atomic mass is 16.3. The Morgan fingerprint density at radius 1 is 1.55 bits per heavy atom. The van der Waals surface area contributed by atoms with Gasteiger partial charge in [-0.25, -0.2) is 0 Å². The van der Waals surface area contributed by atoms with Crippen LogP contribution in [0.15, 0.2) is 12.2 Å². The molecule has 1 fully saturated rings. The average Bonchev–Trinajstić information content (AvgIpc) is 2.03. The van der Waals surface area contributed by atoms with Crippen molar-refractivity contribution in [3.8, 4) is 0 Å². The minimum atomic E-state index is -0.951. The van der Waals surface area contributed by atoms with Gasteiger partial charge in [-0.2, -0.15) is 0 Å². The first-order valence-electron chi connectivity index (χ1n) is 4.12. The van der Waals surface area contributed by atoms with Crippen LogP contribution in [0.25, 0.3) is 0 Å².